The average molecular weight is 304 g/mol. The average Bonchev–Trinajstić information content (AvgIpc) is 3.02. The molecule has 0 fully saturated rings. The quantitative estimate of drug-likeness (QED) is 0.765. The lowest BCUT2D eigenvalue weighted by Gasteiger charge is -2.20. The number of rotatable bonds is 5. The Morgan fingerprint density at radius 2 is 1.61 bits per heavy atom. The Kier molecular flexibility index (Phi) is 4.57. The minimum absolute atomic E-state index is 0.0534. The summed E-state index contributed by atoms with van der Waals surface area (Å²) in [6.07, 6.45) is 2.64. The van der Waals surface area contributed by atoms with Crippen molar-refractivity contribution in [1.82, 2.24) is 9.88 Å². The first-order valence-corrected chi connectivity index (χ1v) is 7.75. The highest BCUT2D eigenvalue weighted by atomic mass is 16.2. The lowest BCUT2D eigenvalue weighted by atomic mass is 9.98. The SMILES string of the molecule is Cn1cccc1C(=O)NC(Cc1ccccc1)c1ccccc1. The van der Waals surface area contributed by atoms with Crippen LogP contribution in [0.4, 0.5) is 0 Å². The monoisotopic (exact) mass is 304 g/mol. The molecule has 0 spiro atoms. The molecular formula is C20H20N2O. The standard InChI is InChI=1S/C20H20N2O/c1-22-14-8-13-19(22)20(23)21-18(17-11-6-3-7-12-17)15-16-9-4-2-5-10-16/h2-14,18H,15H2,1H3,(H,21,23). The second kappa shape index (κ2) is 6.97. The van der Waals surface area contributed by atoms with Gasteiger partial charge in [-0.2, -0.15) is 0 Å². The molecule has 2 aromatic carbocycles. The summed E-state index contributed by atoms with van der Waals surface area (Å²) in [6, 6.07) is 24.0. The zero-order valence-corrected chi connectivity index (χ0v) is 13.1. The van der Waals surface area contributed by atoms with E-state index in [2.05, 4.69) is 29.6 Å². The van der Waals surface area contributed by atoms with E-state index in [4.69, 9.17) is 0 Å². The van der Waals surface area contributed by atoms with Crippen LogP contribution in [0.3, 0.4) is 0 Å². The summed E-state index contributed by atoms with van der Waals surface area (Å²) in [5.41, 5.74) is 2.98. The molecule has 1 unspecified atom stereocenters. The third-order valence-electron chi connectivity index (χ3n) is 3.97. The first-order chi connectivity index (χ1) is 11.2. The van der Waals surface area contributed by atoms with Gasteiger partial charge in [-0.1, -0.05) is 60.7 Å². The molecule has 116 valence electrons. The fourth-order valence-corrected chi connectivity index (χ4v) is 2.72. The maximum atomic E-state index is 12.6. The van der Waals surface area contributed by atoms with E-state index >= 15 is 0 Å². The number of benzene rings is 2. The topological polar surface area (TPSA) is 34.0 Å². The molecule has 1 aromatic heterocycles. The Bertz CT molecular complexity index is 763. The first-order valence-electron chi connectivity index (χ1n) is 7.75. The van der Waals surface area contributed by atoms with Gasteiger partial charge in [0.05, 0.1) is 6.04 Å². The van der Waals surface area contributed by atoms with Crippen LogP contribution in [0.1, 0.15) is 27.7 Å². The number of hydrogen-bond acceptors (Lipinski definition) is 1. The van der Waals surface area contributed by atoms with Gasteiger partial charge in [0.1, 0.15) is 5.69 Å². The van der Waals surface area contributed by atoms with Gasteiger partial charge in [0.2, 0.25) is 0 Å². The third-order valence-corrected chi connectivity index (χ3v) is 3.97. The van der Waals surface area contributed by atoms with Gasteiger partial charge < -0.3 is 9.88 Å². The number of carbonyl (C=O) groups is 1. The molecule has 3 aromatic rings. The predicted octanol–water partition coefficient (Wildman–Crippen LogP) is 3.74. The lowest BCUT2D eigenvalue weighted by molar-refractivity contribution is 0.0928. The molecule has 0 aliphatic heterocycles. The van der Waals surface area contributed by atoms with E-state index < -0.39 is 0 Å². The van der Waals surface area contributed by atoms with Crippen LogP contribution in [0.15, 0.2) is 79.0 Å². The summed E-state index contributed by atoms with van der Waals surface area (Å²) >= 11 is 0. The number of aromatic nitrogens is 1. The van der Waals surface area contributed by atoms with E-state index in [1.807, 2.05) is 66.3 Å². The summed E-state index contributed by atoms with van der Waals surface area (Å²) in [5.74, 6) is -0.0534. The van der Waals surface area contributed by atoms with E-state index in [0.29, 0.717) is 5.69 Å². The van der Waals surface area contributed by atoms with E-state index in [1.165, 1.54) is 5.56 Å². The number of amides is 1. The van der Waals surface area contributed by atoms with Crippen molar-refractivity contribution in [3.05, 3.63) is 95.8 Å². The van der Waals surface area contributed by atoms with Crippen LogP contribution >= 0.6 is 0 Å². The maximum absolute atomic E-state index is 12.6. The molecule has 3 nitrogen and oxygen atoms in total. The number of nitrogens with one attached hydrogen (secondary N) is 1. The number of carbonyl (C=O) groups excluding carboxylic acids is 1. The fourth-order valence-electron chi connectivity index (χ4n) is 2.72. The third kappa shape index (κ3) is 3.69. The van der Waals surface area contributed by atoms with Crippen LogP contribution in [0, 0.1) is 0 Å². The highest BCUT2D eigenvalue weighted by Crippen LogP contribution is 2.19. The van der Waals surface area contributed by atoms with Crippen LogP contribution in [0.2, 0.25) is 0 Å². The first kappa shape index (κ1) is 15.1. The van der Waals surface area contributed by atoms with Gasteiger partial charge in [0.25, 0.3) is 5.91 Å². The van der Waals surface area contributed by atoms with E-state index in [0.717, 1.165) is 12.0 Å². The Morgan fingerprint density at radius 3 is 2.22 bits per heavy atom. The van der Waals surface area contributed by atoms with Crippen LogP contribution < -0.4 is 5.32 Å². The Labute approximate surface area is 136 Å². The van der Waals surface area contributed by atoms with Crippen LogP contribution in [-0.4, -0.2) is 10.5 Å². The summed E-state index contributed by atoms with van der Waals surface area (Å²) < 4.78 is 1.83. The van der Waals surface area contributed by atoms with E-state index in [1.54, 1.807) is 0 Å². The Balaban J connectivity index is 1.83. The molecule has 1 atom stereocenters. The highest BCUT2D eigenvalue weighted by molar-refractivity contribution is 5.93. The fraction of sp³-hybridized carbons (Fsp3) is 0.150. The molecule has 0 saturated carbocycles. The summed E-state index contributed by atoms with van der Waals surface area (Å²) in [6.45, 7) is 0. The Morgan fingerprint density at radius 1 is 0.957 bits per heavy atom. The molecule has 0 bridgehead atoms. The minimum Gasteiger partial charge on any atom is -0.347 e. The molecule has 0 radical (unpaired) electrons. The molecule has 23 heavy (non-hydrogen) atoms. The largest absolute Gasteiger partial charge is 0.347 e. The van der Waals surface area contributed by atoms with Gasteiger partial charge in [-0.05, 0) is 29.7 Å². The molecular weight excluding hydrogens is 284 g/mol. The normalized spacial score (nSPS) is 11.9. The second-order valence-electron chi connectivity index (χ2n) is 5.63. The van der Waals surface area contributed by atoms with E-state index in [-0.39, 0.29) is 11.9 Å². The molecule has 1 heterocycles. The summed E-state index contributed by atoms with van der Waals surface area (Å²) in [5, 5.41) is 3.17. The minimum atomic E-state index is -0.0546. The second-order valence-corrected chi connectivity index (χ2v) is 5.63. The molecule has 3 rings (SSSR count). The highest BCUT2D eigenvalue weighted by Gasteiger charge is 2.17. The molecule has 0 saturated heterocycles. The molecule has 0 aliphatic rings. The molecule has 1 N–H and O–H groups in total. The van der Waals surface area contributed by atoms with Crippen molar-refractivity contribution in [3.8, 4) is 0 Å². The zero-order valence-electron chi connectivity index (χ0n) is 13.1. The zero-order chi connectivity index (χ0) is 16.1. The maximum Gasteiger partial charge on any atom is 0.268 e. The van der Waals surface area contributed by atoms with Gasteiger partial charge in [0.15, 0.2) is 0 Å². The van der Waals surface area contributed by atoms with E-state index in [9.17, 15) is 4.79 Å². The van der Waals surface area contributed by atoms with Gasteiger partial charge in [0, 0.05) is 13.2 Å². The van der Waals surface area contributed by atoms with Gasteiger partial charge >= 0.3 is 0 Å². The number of nitrogens with zero attached hydrogens (tertiary/aromatic N) is 1. The Hall–Kier alpha value is -2.81. The lowest BCUT2D eigenvalue weighted by Crippen LogP contribution is -2.31. The van der Waals surface area contributed by atoms with Crippen LogP contribution in [0.25, 0.3) is 0 Å². The van der Waals surface area contributed by atoms with Gasteiger partial charge in [-0.15, -0.1) is 0 Å². The van der Waals surface area contributed by atoms with Crippen molar-refractivity contribution < 1.29 is 4.79 Å². The van der Waals surface area contributed by atoms with Crippen molar-refractivity contribution in [2.45, 2.75) is 12.5 Å². The van der Waals surface area contributed by atoms with Gasteiger partial charge in [-0.3, -0.25) is 4.79 Å². The molecule has 3 heteroatoms. The molecule has 0 aliphatic carbocycles. The molecule has 1 amide bonds. The summed E-state index contributed by atoms with van der Waals surface area (Å²) in [7, 11) is 1.88. The van der Waals surface area contributed by atoms with Crippen molar-refractivity contribution in [1.29, 1.82) is 0 Å². The van der Waals surface area contributed by atoms with Crippen molar-refractivity contribution in [2.75, 3.05) is 0 Å². The number of aryl methyl sites for hydroxylation is 1. The van der Waals surface area contributed by atoms with Crippen LogP contribution in [-0.2, 0) is 13.5 Å². The van der Waals surface area contributed by atoms with Crippen molar-refractivity contribution >= 4 is 5.91 Å². The van der Waals surface area contributed by atoms with Crippen molar-refractivity contribution in [2.24, 2.45) is 7.05 Å². The van der Waals surface area contributed by atoms with Crippen LogP contribution in [0.5, 0.6) is 0 Å². The van der Waals surface area contributed by atoms with Gasteiger partial charge in [-0.25, -0.2) is 0 Å². The predicted molar refractivity (Wildman–Crippen MR) is 92.2 cm³/mol. The van der Waals surface area contributed by atoms with Crippen molar-refractivity contribution in [3.63, 3.8) is 0 Å². The number of hydrogen-bond donors (Lipinski definition) is 1. The smallest absolute Gasteiger partial charge is 0.268 e. The summed E-state index contributed by atoms with van der Waals surface area (Å²) in [4.78, 5) is 12.6.